The van der Waals surface area contributed by atoms with Crippen LogP contribution in [0.25, 0.3) is 0 Å². The number of pyridine rings is 1. The molecule has 0 radical (unpaired) electrons. The first-order valence-electron chi connectivity index (χ1n) is 8.93. The number of aromatic carboxylic acids is 1. The lowest BCUT2D eigenvalue weighted by Gasteiger charge is -2.35. The van der Waals surface area contributed by atoms with E-state index in [4.69, 9.17) is 9.84 Å². The van der Waals surface area contributed by atoms with Gasteiger partial charge < -0.3 is 19.6 Å². The number of carbonyl (C=O) groups excluding carboxylic acids is 1. The van der Waals surface area contributed by atoms with E-state index < -0.39 is 5.97 Å². The molecule has 27 heavy (non-hydrogen) atoms. The molecule has 1 aliphatic rings. The molecule has 7 heteroatoms. The van der Waals surface area contributed by atoms with Gasteiger partial charge in [-0.05, 0) is 36.2 Å². The number of nitrogens with zero attached hydrogens (tertiary/aromatic N) is 3. The summed E-state index contributed by atoms with van der Waals surface area (Å²) in [6, 6.07) is 12.7. The first kappa shape index (κ1) is 18.7. The quantitative estimate of drug-likeness (QED) is 0.839. The summed E-state index contributed by atoms with van der Waals surface area (Å²) in [6.45, 7) is 2.51. The van der Waals surface area contributed by atoms with Crippen molar-refractivity contribution in [1.29, 1.82) is 0 Å². The summed E-state index contributed by atoms with van der Waals surface area (Å²) in [7, 11) is 1.63. The van der Waals surface area contributed by atoms with Crippen LogP contribution in [0.1, 0.15) is 22.5 Å². The Bertz CT molecular complexity index is 799. The van der Waals surface area contributed by atoms with Crippen LogP contribution in [-0.2, 0) is 11.2 Å². The van der Waals surface area contributed by atoms with Gasteiger partial charge in [-0.2, -0.15) is 0 Å². The van der Waals surface area contributed by atoms with Gasteiger partial charge in [-0.1, -0.05) is 18.2 Å². The monoisotopic (exact) mass is 369 g/mol. The van der Waals surface area contributed by atoms with Gasteiger partial charge in [-0.25, -0.2) is 9.78 Å². The standard InChI is InChI=1S/C20H23N3O4/c1-27-16-8-5-15(6-9-16)7-10-19(24)23-13-11-22(12-14-23)18-4-2-3-17(21-18)20(25)26/h2-6,8-9H,7,10-14H2,1H3,(H,25,26). The van der Waals surface area contributed by atoms with E-state index in [9.17, 15) is 9.59 Å². The van der Waals surface area contributed by atoms with Crippen LogP contribution in [0.3, 0.4) is 0 Å². The van der Waals surface area contributed by atoms with Gasteiger partial charge in [-0.3, -0.25) is 4.79 Å². The highest BCUT2D eigenvalue weighted by Crippen LogP contribution is 2.16. The lowest BCUT2D eigenvalue weighted by Crippen LogP contribution is -2.49. The second-order valence-electron chi connectivity index (χ2n) is 6.40. The van der Waals surface area contributed by atoms with Gasteiger partial charge >= 0.3 is 5.97 Å². The van der Waals surface area contributed by atoms with Gasteiger partial charge in [0.05, 0.1) is 7.11 Å². The fraction of sp³-hybridized carbons (Fsp3) is 0.350. The summed E-state index contributed by atoms with van der Waals surface area (Å²) in [6.07, 6.45) is 1.17. The number of amides is 1. The van der Waals surface area contributed by atoms with Gasteiger partial charge in [0.25, 0.3) is 0 Å². The Morgan fingerprint density at radius 2 is 1.78 bits per heavy atom. The molecule has 1 amide bonds. The number of rotatable bonds is 6. The molecule has 1 N–H and O–H groups in total. The Hall–Kier alpha value is -3.09. The molecule has 0 spiro atoms. The van der Waals surface area contributed by atoms with Gasteiger partial charge in [0.15, 0.2) is 5.69 Å². The summed E-state index contributed by atoms with van der Waals surface area (Å²) in [5.74, 6) is 0.545. The molecule has 1 fully saturated rings. The van der Waals surface area contributed by atoms with Crippen molar-refractivity contribution in [1.82, 2.24) is 9.88 Å². The zero-order chi connectivity index (χ0) is 19.2. The van der Waals surface area contributed by atoms with Crippen molar-refractivity contribution < 1.29 is 19.4 Å². The Morgan fingerprint density at radius 3 is 2.41 bits per heavy atom. The van der Waals surface area contributed by atoms with E-state index in [1.807, 2.05) is 34.1 Å². The largest absolute Gasteiger partial charge is 0.497 e. The van der Waals surface area contributed by atoms with Crippen LogP contribution in [-0.4, -0.2) is 60.2 Å². The van der Waals surface area contributed by atoms with Crippen molar-refractivity contribution in [2.75, 3.05) is 38.2 Å². The minimum Gasteiger partial charge on any atom is -0.497 e. The van der Waals surface area contributed by atoms with Gasteiger partial charge in [0, 0.05) is 32.6 Å². The fourth-order valence-electron chi connectivity index (χ4n) is 3.11. The highest BCUT2D eigenvalue weighted by atomic mass is 16.5. The predicted molar refractivity (Wildman–Crippen MR) is 101 cm³/mol. The zero-order valence-corrected chi connectivity index (χ0v) is 15.3. The molecule has 7 nitrogen and oxygen atoms in total. The normalized spacial score (nSPS) is 14.1. The maximum Gasteiger partial charge on any atom is 0.354 e. The second-order valence-corrected chi connectivity index (χ2v) is 6.40. The summed E-state index contributed by atoms with van der Waals surface area (Å²) >= 11 is 0. The minimum absolute atomic E-state index is 0.0329. The molecule has 1 aliphatic heterocycles. The number of benzene rings is 1. The number of carboxylic acid groups (broad SMARTS) is 1. The molecule has 1 aromatic carbocycles. The molecule has 0 aliphatic carbocycles. The molecule has 142 valence electrons. The third kappa shape index (κ3) is 4.75. The van der Waals surface area contributed by atoms with Crippen molar-refractivity contribution in [2.45, 2.75) is 12.8 Å². The molecule has 0 unspecified atom stereocenters. The average Bonchev–Trinajstić information content (AvgIpc) is 2.72. The molecular formula is C20H23N3O4. The lowest BCUT2D eigenvalue weighted by molar-refractivity contribution is -0.131. The summed E-state index contributed by atoms with van der Waals surface area (Å²) in [5, 5.41) is 9.06. The molecule has 2 aromatic rings. The minimum atomic E-state index is -1.04. The van der Waals surface area contributed by atoms with Gasteiger partial charge in [0.1, 0.15) is 11.6 Å². The number of methoxy groups -OCH3 is 1. The van der Waals surface area contributed by atoms with E-state index in [-0.39, 0.29) is 11.6 Å². The number of piperazine rings is 1. The van der Waals surface area contributed by atoms with E-state index in [1.54, 1.807) is 19.2 Å². The smallest absolute Gasteiger partial charge is 0.354 e. The van der Waals surface area contributed by atoms with Crippen LogP contribution in [0.2, 0.25) is 0 Å². The Balaban J connectivity index is 1.50. The fourth-order valence-corrected chi connectivity index (χ4v) is 3.11. The first-order chi connectivity index (χ1) is 13.1. The summed E-state index contributed by atoms with van der Waals surface area (Å²) in [5.41, 5.74) is 1.14. The molecule has 1 aromatic heterocycles. The molecule has 0 saturated carbocycles. The average molecular weight is 369 g/mol. The predicted octanol–water partition coefficient (Wildman–Crippen LogP) is 2.07. The third-order valence-corrected chi connectivity index (χ3v) is 4.70. The number of hydrogen-bond acceptors (Lipinski definition) is 5. The SMILES string of the molecule is COc1ccc(CCC(=O)N2CCN(c3cccc(C(=O)O)n3)CC2)cc1. The summed E-state index contributed by atoms with van der Waals surface area (Å²) in [4.78, 5) is 31.6. The van der Waals surface area contributed by atoms with Gasteiger partial charge in [-0.15, -0.1) is 0 Å². The van der Waals surface area contributed by atoms with Crippen LogP contribution in [0, 0.1) is 0 Å². The van der Waals surface area contributed by atoms with Crippen LogP contribution < -0.4 is 9.64 Å². The van der Waals surface area contributed by atoms with Crippen LogP contribution in [0.5, 0.6) is 5.75 Å². The highest BCUT2D eigenvalue weighted by molar-refractivity contribution is 5.85. The Kier molecular flexibility index (Phi) is 5.90. The number of hydrogen-bond donors (Lipinski definition) is 1. The topological polar surface area (TPSA) is 83.0 Å². The number of aromatic nitrogens is 1. The molecule has 0 atom stereocenters. The maximum atomic E-state index is 12.5. The number of ether oxygens (including phenoxy) is 1. The van der Waals surface area contributed by atoms with Crippen LogP contribution >= 0.6 is 0 Å². The molecule has 1 saturated heterocycles. The Morgan fingerprint density at radius 1 is 1.07 bits per heavy atom. The molecular weight excluding hydrogens is 346 g/mol. The van der Waals surface area contributed by atoms with Gasteiger partial charge in [0.2, 0.25) is 5.91 Å². The highest BCUT2D eigenvalue weighted by Gasteiger charge is 2.22. The van der Waals surface area contributed by atoms with Crippen molar-refractivity contribution in [3.63, 3.8) is 0 Å². The Labute approximate surface area is 158 Å². The molecule has 2 heterocycles. The number of aryl methyl sites for hydroxylation is 1. The maximum absolute atomic E-state index is 12.5. The molecule has 0 bridgehead atoms. The number of carbonyl (C=O) groups is 2. The van der Waals surface area contributed by atoms with E-state index >= 15 is 0 Å². The van der Waals surface area contributed by atoms with E-state index in [0.29, 0.717) is 44.8 Å². The van der Waals surface area contributed by atoms with E-state index in [0.717, 1.165) is 11.3 Å². The van der Waals surface area contributed by atoms with Crippen molar-refractivity contribution in [3.8, 4) is 5.75 Å². The zero-order valence-electron chi connectivity index (χ0n) is 15.3. The number of anilines is 1. The number of carboxylic acids is 1. The van der Waals surface area contributed by atoms with Crippen LogP contribution in [0.4, 0.5) is 5.82 Å². The third-order valence-electron chi connectivity index (χ3n) is 4.70. The summed E-state index contributed by atoms with van der Waals surface area (Å²) < 4.78 is 5.14. The van der Waals surface area contributed by atoms with E-state index in [2.05, 4.69) is 4.98 Å². The van der Waals surface area contributed by atoms with Crippen molar-refractivity contribution >= 4 is 17.7 Å². The van der Waals surface area contributed by atoms with Crippen LogP contribution in [0.15, 0.2) is 42.5 Å². The second kappa shape index (κ2) is 8.53. The van der Waals surface area contributed by atoms with Crippen molar-refractivity contribution in [3.05, 3.63) is 53.7 Å². The van der Waals surface area contributed by atoms with Crippen molar-refractivity contribution in [2.24, 2.45) is 0 Å². The molecule has 3 rings (SSSR count). The lowest BCUT2D eigenvalue weighted by atomic mass is 10.1. The van der Waals surface area contributed by atoms with E-state index in [1.165, 1.54) is 6.07 Å². The first-order valence-corrected chi connectivity index (χ1v) is 8.93.